The lowest BCUT2D eigenvalue weighted by molar-refractivity contribution is -0.116. The fraction of sp³-hybridized carbons (Fsp3) is 0.238. The van der Waals surface area contributed by atoms with Crippen molar-refractivity contribution in [1.82, 2.24) is 14.7 Å². The first-order valence-corrected chi connectivity index (χ1v) is 8.87. The molecule has 0 bridgehead atoms. The Kier molecular flexibility index (Phi) is 5.88. The van der Waals surface area contributed by atoms with E-state index in [-0.39, 0.29) is 18.6 Å². The van der Waals surface area contributed by atoms with Crippen molar-refractivity contribution in [2.75, 3.05) is 6.61 Å². The molecule has 0 radical (unpaired) electrons. The Morgan fingerprint density at radius 1 is 1.30 bits per heavy atom. The van der Waals surface area contributed by atoms with Gasteiger partial charge in [-0.2, -0.15) is 0 Å². The van der Waals surface area contributed by atoms with Gasteiger partial charge in [0.05, 0.1) is 18.3 Å². The molecule has 1 aromatic carbocycles. The monoisotopic (exact) mass is 365 g/mol. The Balaban J connectivity index is 1.59. The number of imidazole rings is 1. The Labute approximate surface area is 158 Å². The lowest BCUT2D eigenvalue weighted by Crippen LogP contribution is -2.37. The van der Waals surface area contributed by atoms with Crippen molar-refractivity contribution in [3.05, 3.63) is 72.7 Å². The summed E-state index contributed by atoms with van der Waals surface area (Å²) in [5.74, 6) is 0.403. The third-order valence-electron chi connectivity index (χ3n) is 4.33. The minimum Gasteiger partial charge on any atom is -0.487 e. The number of nitrogens with zero attached hydrogens (tertiary/aromatic N) is 2. The van der Waals surface area contributed by atoms with Crippen LogP contribution in [0.15, 0.2) is 61.4 Å². The molecule has 2 heterocycles. The summed E-state index contributed by atoms with van der Waals surface area (Å²) < 4.78 is 7.72. The predicted molar refractivity (Wildman–Crippen MR) is 104 cm³/mol. The van der Waals surface area contributed by atoms with Gasteiger partial charge in [0.2, 0.25) is 0 Å². The quantitative estimate of drug-likeness (QED) is 0.602. The van der Waals surface area contributed by atoms with Crippen LogP contribution in [-0.2, 0) is 11.4 Å². The largest absolute Gasteiger partial charge is 0.487 e. The van der Waals surface area contributed by atoms with Gasteiger partial charge < -0.3 is 19.6 Å². The third kappa shape index (κ3) is 4.54. The maximum absolute atomic E-state index is 12.2. The lowest BCUT2D eigenvalue weighted by Gasteiger charge is -2.15. The smallest absolute Gasteiger partial charge is 0.251 e. The van der Waals surface area contributed by atoms with Crippen molar-refractivity contribution in [1.29, 1.82) is 0 Å². The summed E-state index contributed by atoms with van der Waals surface area (Å²) in [7, 11) is 0. The van der Waals surface area contributed by atoms with Crippen LogP contribution in [0.2, 0.25) is 0 Å². The Hall–Kier alpha value is -3.12. The molecule has 0 aliphatic heterocycles. The topological polar surface area (TPSA) is 75.9 Å². The van der Waals surface area contributed by atoms with Gasteiger partial charge in [-0.05, 0) is 36.2 Å². The highest BCUT2D eigenvalue weighted by molar-refractivity contribution is 6.18. The molecule has 0 saturated heterocycles. The maximum atomic E-state index is 12.2. The van der Waals surface area contributed by atoms with E-state index >= 15 is 0 Å². The summed E-state index contributed by atoms with van der Waals surface area (Å²) in [4.78, 5) is 16.7. The molecular formula is C21H23N3O3. The highest BCUT2D eigenvalue weighted by atomic mass is 16.5. The zero-order chi connectivity index (χ0) is 19.2. The number of fused-ring (bicyclic) bond motifs is 1. The van der Waals surface area contributed by atoms with Crippen LogP contribution in [0.1, 0.15) is 24.6 Å². The average molecular weight is 365 g/mol. The number of aromatic nitrogens is 2. The molecule has 140 valence electrons. The van der Waals surface area contributed by atoms with Gasteiger partial charge in [0.15, 0.2) is 0 Å². The normalized spacial score (nSPS) is 11.9. The van der Waals surface area contributed by atoms with Crippen LogP contribution in [0.25, 0.3) is 11.2 Å². The van der Waals surface area contributed by atoms with Crippen LogP contribution in [0.5, 0.6) is 5.75 Å². The molecule has 2 aromatic heterocycles. The average Bonchev–Trinajstić information content (AvgIpc) is 3.13. The molecule has 0 spiro atoms. The second kappa shape index (κ2) is 8.51. The molecule has 2 N–H and O–H groups in total. The first-order valence-electron chi connectivity index (χ1n) is 8.87. The van der Waals surface area contributed by atoms with Gasteiger partial charge in [0.1, 0.15) is 18.0 Å². The number of hydrogen-bond donors (Lipinski definition) is 2. The number of carbonyl (C=O) groups is 1. The first kappa shape index (κ1) is 18.7. The number of benzene rings is 1. The second-order valence-electron chi connectivity index (χ2n) is 6.25. The van der Waals surface area contributed by atoms with E-state index in [1.165, 1.54) is 0 Å². The van der Waals surface area contributed by atoms with Crippen LogP contribution in [-0.4, -0.2) is 33.0 Å². The minimum atomic E-state index is -0.283. The van der Waals surface area contributed by atoms with Gasteiger partial charge in [-0.1, -0.05) is 31.7 Å². The van der Waals surface area contributed by atoms with E-state index in [0.717, 1.165) is 11.3 Å². The molecule has 1 atom stereocenters. The molecule has 6 nitrogen and oxygen atoms in total. The number of aliphatic hydroxyl groups is 1. The summed E-state index contributed by atoms with van der Waals surface area (Å²) in [6, 6.07) is 12.8. The second-order valence-corrected chi connectivity index (χ2v) is 6.25. The zero-order valence-electron chi connectivity index (χ0n) is 15.3. The Bertz CT molecular complexity index is 894. The van der Waals surface area contributed by atoms with Crippen LogP contribution in [0.3, 0.4) is 0 Å². The van der Waals surface area contributed by atoms with Crippen molar-refractivity contribution < 1.29 is 14.6 Å². The van der Waals surface area contributed by atoms with Crippen molar-refractivity contribution in [2.24, 2.45) is 0 Å². The number of nitrogens with one attached hydrogen (secondary N) is 1. The van der Waals surface area contributed by atoms with E-state index in [1.807, 2.05) is 41.9 Å². The summed E-state index contributed by atoms with van der Waals surface area (Å²) in [5.41, 5.74) is 2.78. The van der Waals surface area contributed by atoms with E-state index < -0.39 is 0 Å². The van der Waals surface area contributed by atoms with Crippen molar-refractivity contribution in [3.63, 3.8) is 0 Å². The first-order chi connectivity index (χ1) is 13.1. The number of pyridine rings is 1. The SMILES string of the molecule is C=C(C(=O)NC(CC)CO)c1ccc(OCc2cn3ccccc3n2)cc1. The summed E-state index contributed by atoms with van der Waals surface area (Å²) in [5, 5.41) is 12.0. The summed E-state index contributed by atoms with van der Waals surface area (Å²) >= 11 is 0. The number of aliphatic hydroxyl groups excluding tert-OH is 1. The van der Waals surface area contributed by atoms with Gasteiger partial charge in [0, 0.05) is 18.0 Å². The van der Waals surface area contributed by atoms with Crippen LogP contribution in [0.4, 0.5) is 0 Å². The highest BCUT2D eigenvalue weighted by Gasteiger charge is 2.14. The molecule has 27 heavy (non-hydrogen) atoms. The fourth-order valence-electron chi connectivity index (χ4n) is 2.65. The predicted octanol–water partition coefficient (Wildman–Crippen LogP) is 2.81. The van der Waals surface area contributed by atoms with Gasteiger partial charge in [-0.3, -0.25) is 4.79 Å². The van der Waals surface area contributed by atoms with E-state index in [1.54, 1.807) is 24.3 Å². The molecule has 0 aliphatic rings. The third-order valence-corrected chi connectivity index (χ3v) is 4.33. The lowest BCUT2D eigenvalue weighted by atomic mass is 10.1. The van der Waals surface area contributed by atoms with Crippen molar-refractivity contribution in [2.45, 2.75) is 26.0 Å². The minimum absolute atomic E-state index is 0.0919. The molecule has 0 saturated carbocycles. The highest BCUT2D eigenvalue weighted by Crippen LogP contribution is 2.19. The maximum Gasteiger partial charge on any atom is 0.251 e. The number of carbonyl (C=O) groups excluding carboxylic acids is 1. The number of amides is 1. The van der Waals surface area contributed by atoms with E-state index in [0.29, 0.717) is 29.9 Å². The van der Waals surface area contributed by atoms with E-state index in [9.17, 15) is 9.90 Å². The number of ether oxygens (including phenoxy) is 1. The van der Waals surface area contributed by atoms with Gasteiger partial charge in [0.25, 0.3) is 5.91 Å². The van der Waals surface area contributed by atoms with E-state index in [2.05, 4.69) is 16.9 Å². The molecule has 6 heteroatoms. The standard InChI is InChI=1S/C21H23N3O3/c1-3-17(13-25)23-21(26)15(2)16-7-9-19(10-8-16)27-14-18-12-24-11-5-4-6-20(24)22-18/h4-12,17,25H,2-3,13-14H2,1H3,(H,23,26). The summed E-state index contributed by atoms with van der Waals surface area (Å²) in [6.07, 6.45) is 4.53. The fourth-order valence-corrected chi connectivity index (χ4v) is 2.65. The van der Waals surface area contributed by atoms with Crippen LogP contribution in [0, 0.1) is 0 Å². The summed E-state index contributed by atoms with van der Waals surface area (Å²) in [6.45, 7) is 6.02. The zero-order valence-corrected chi connectivity index (χ0v) is 15.3. The number of rotatable bonds is 8. The van der Waals surface area contributed by atoms with Gasteiger partial charge >= 0.3 is 0 Å². The molecule has 1 unspecified atom stereocenters. The molecule has 0 aliphatic carbocycles. The Morgan fingerprint density at radius 2 is 2.07 bits per heavy atom. The molecule has 3 rings (SSSR count). The van der Waals surface area contributed by atoms with Gasteiger partial charge in [-0.25, -0.2) is 4.98 Å². The molecule has 1 amide bonds. The van der Waals surface area contributed by atoms with Crippen LogP contribution < -0.4 is 10.1 Å². The van der Waals surface area contributed by atoms with Crippen LogP contribution >= 0.6 is 0 Å². The molecule has 3 aromatic rings. The van der Waals surface area contributed by atoms with Crippen molar-refractivity contribution in [3.8, 4) is 5.75 Å². The van der Waals surface area contributed by atoms with Crippen molar-refractivity contribution >= 4 is 17.1 Å². The number of hydrogen-bond acceptors (Lipinski definition) is 4. The molecular weight excluding hydrogens is 342 g/mol. The molecule has 0 fully saturated rings. The Morgan fingerprint density at radius 3 is 2.74 bits per heavy atom. The van der Waals surface area contributed by atoms with Gasteiger partial charge in [-0.15, -0.1) is 0 Å². The van der Waals surface area contributed by atoms with E-state index in [4.69, 9.17) is 4.74 Å².